The first kappa shape index (κ1) is 15.3. The first-order valence-electron chi connectivity index (χ1n) is 7.92. The second-order valence-electron chi connectivity index (χ2n) is 5.61. The Balaban J connectivity index is 1.77. The molecule has 1 atom stereocenters. The molecule has 0 heterocycles. The van der Waals surface area contributed by atoms with Crippen molar-refractivity contribution in [3.8, 4) is 11.5 Å². The smallest absolute Gasteiger partial charge is 0.127 e. The van der Waals surface area contributed by atoms with Gasteiger partial charge < -0.3 is 10.5 Å². The summed E-state index contributed by atoms with van der Waals surface area (Å²) < 4.78 is 5.92. The molecular formula is C21H21NO. The van der Waals surface area contributed by atoms with E-state index >= 15 is 0 Å². The summed E-state index contributed by atoms with van der Waals surface area (Å²) in [5, 5.41) is 0. The van der Waals surface area contributed by atoms with E-state index in [0.717, 1.165) is 17.9 Å². The SMILES string of the molecule is NCC(Cc1ccccc1)c1cccc(Oc2ccccc2)c1. The molecule has 2 heteroatoms. The molecule has 23 heavy (non-hydrogen) atoms. The molecule has 0 aromatic heterocycles. The standard InChI is InChI=1S/C21H21NO/c22-16-19(14-17-8-3-1-4-9-17)18-10-7-13-21(15-18)23-20-11-5-2-6-12-20/h1-13,15,19H,14,16,22H2. The Kier molecular flexibility index (Phi) is 5.07. The fourth-order valence-corrected chi connectivity index (χ4v) is 2.69. The lowest BCUT2D eigenvalue weighted by molar-refractivity contribution is 0.481. The van der Waals surface area contributed by atoms with Crippen molar-refractivity contribution in [2.45, 2.75) is 12.3 Å². The third-order valence-electron chi connectivity index (χ3n) is 3.92. The lowest BCUT2D eigenvalue weighted by atomic mass is 9.92. The van der Waals surface area contributed by atoms with E-state index in [9.17, 15) is 0 Å². The van der Waals surface area contributed by atoms with Crippen molar-refractivity contribution in [2.24, 2.45) is 5.73 Å². The van der Waals surface area contributed by atoms with E-state index in [4.69, 9.17) is 10.5 Å². The van der Waals surface area contributed by atoms with Crippen molar-refractivity contribution >= 4 is 0 Å². The van der Waals surface area contributed by atoms with Gasteiger partial charge in [-0.25, -0.2) is 0 Å². The van der Waals surface area contributed by atoms with Crippen LogP contribution < -0.4 is 10.5 Å². The number of benzene rings is 3. The van der Waals surface area contributed by atoms with Gasteiger partial charge in [0.15, 0.2) is 0 Å². The number of nitrogens with two attached hydrogens (primary N) is 1. The van der Waals surface area contributed by atoms with E-state index in [0.29, 0.717) is 6.54 Å². The van der Waals surface area contributed by atoms with Crippen LogP contribution in [0.1, 0.15) is 17.0 Å². The molecule has 0 aliphatic carbocycles. The summed E-state index contributed by atoms with van der Waals surface area (Å²) >= 11 is 0. The minimum Gasteiger partial charge on any atom is -0.457 e. The predicted molar refractivity (Wildman–Crippen MR) is 94.9 cm³/mol. The Labute approximate surface area is 137 Å². The lowest BCUT2D eigenvalue weighted by Gasteiger charge is -2.16. The van der Waals surface area contributed by atoms with E-state index in [-0.39, 0.29) is 5.92 Å². The minimum atomic E-state index is 0.289. The summed E-state index contributed by atoms with van der Waals surface area (Å²) in [6.07, 6.45) is 0.937. The highest BCUT2D eigenvalue weighted by Crippen LogP contribution is 2.26. The zero-order chi connectivity index (χ0) is 15.9. The highest BCUT2D eigenvalue weighted by atomic mass is 16.5. The predicted octanol–water partition coefficient (Wildman–Crippen LogP) is 4.76. The first-order chi connectivity index (χ1) is 11.3. The summed E-state index contributed by atoms with van der Waals surface area (Å²) in [6.45, 7) is 0.615. The molecule has 3 aromatic carbocycles. The van der Waals surface area contributed by atoms with Crippen LogP contribution in [0.2, 0.25) is 0 Å². The Morgan fingerprint density at radius 3 is 2.09 bits per heavy atom. The second kappa shape index (κ2) is 7.61. The van der Waals surface area contributed by atoms with Crippen molar-refractivity contribution in [2.75, 3.05) is 6.54 Å². The van der Waals surface area contributed by atoms with Crippen LogP contribution in [0.15, 0.2) is 84.9 Å². The Morgan fingerprint density at radius 2 is 1.39 bits per heavy atom. The summed E-state index contributed by atoms with van der Waals surface area (Å²) in [5.41, 5.74) is 8.53. The van der Waals surface area contributed by atoms with Gasteiger partial charge in [0.1, 0.15) is 11.5 Å². The van der Waals surface area contributed by atoms with Crippen molar-refractivity contribution < 1.29 is 4.74 Å². The maximum Gasteiger partial charge on any atom is 0.127 e. The molecule has 0 bridgehead atoms. The maximum absolute atomic E-state index is 6.01. The van der Waals surface area contributed by atoms with Crippen molar-refractivity contribution in [1.29, 1.82) is 0 Å². The zero-order valence-electron chi connectivity index (χ0n) is 13.1. The van der Waals surface area contributed by atoms with Gasteiger partial charge in [-0.2, -0.15) is 0 Å². The van der Waals surface area contributed by atoms with Crippen LogP contribution in [-0.2, 0) is 6.42 Å². The van der Waals surface area contributed by atoms with Gasteiger partial charge in [0.05, 0.1) is 0 Å². The summed E-state index contributed by atoms with van der Waals surface area (Å²) in [6, 6.07) is 28.5. The van der Waals surface area contributed by atoms with Gasteiger partial charge >= 0.3 is 0 Å². The van der Waals surface area contributed by atoms with E-state index in [1.807, 2.05) is 48.5 Å². The summed E-state index contributed by atoms with van der Waals surface area (Å²) in [5.74, 6) is 1.98. The van der Waals surface area contributed by atoms with Crippen LogP contribution in [-0.4, -0.2) is 6.54 Å². The van der Waals surface area contributed by atoms with Crippen LogP contribution in [0.4, 0.5) is 0 Å². The van der Waals surface area contributed by atoms with E-state index in [1.165, 1.54) is 11.1 Å². The quantitative estimate of drug-likeness (QED) is 0.712. The largest absolute Gasteiger partial charge is 0.457 e. The molecule has 0 radical (unpaired) electrons. The van der Waals surface area contributed by atoms with E-state index in [2.05, 4.69) is 36.4 Å². The van der Waals surface area contributed by atoms with Crippen molar-refractivity contribution in [1.82, 2.24) is 0 Å². The lowest BCUT2D eigenvalue weighted by Crippen LogP contribution is -2.15. The number of rotatable bonds is 6. The Bertz CT molecular complexity index is 725. The average Bonchev–Trinajstić information content (AvgIpc) is 2.62. The van der Waals surface area contributed by atoms with Gasteiger partial charge in [0, 0.05) is 5.92 Å². The number of hydrogen-bond acceptors (Lipinski definition) is 2. The molecular weight excluding hydrogens is 282 g/mol. The topological polar surface area (TPSA) is 35.2 Å². The molecule has 0 fully saturated rings. The van der Waals surface area contributed by atoms with Crippen LogP contribution in [0.3, 0.4) is 0 Å². The van der Waals surface area contributed by atoms with Crippen LogP contribution in [0.5, 0.6) is 11.5 Å². The van der Waals surface area contributed by atoms with Crippen molar-refractivity contribution in [3.63, 3.8) is 0 Å². The van der Waals surface area contributed by atoms with Gasteiger partial charge in [-0.05, 0) is 48.4 Å². The third kappa shape index (κ3) is 4.21. The molecule has 2 nitrogen and oxygen atoms in total. The molecule has 1 unspecified atom stereocenters. The molecule has 2 N–H and O–H groups in total. The molecule has 116 valence electrons. The van der Waals surface area contributed by atoms with Crippen LogP contribution in [0, 0.1) is 0 Å². The summed E-state index contributed by atoms with van der Waals surface area (Å²) in [7, 11) is 0. The van der Waals surface area contributed by atoms with Gasteiger partial charge in [-0.15, -0.1) is 0 Å². The monoisotopic (exact) mass is 303 g/mol. The number of hydrogen-bond donors (Lipinski definition) is 1. The average molecular weight is 303 g/mol. The summed E-state index contributed by atoms with van der Waals surface area (Å²) in [4.78, 5) is 0. The Morgan fingerprint density at radius 1 is 0.739 bits per heavy atom. The van der Waals surface area contributed by atoms with Gasteiger partial charge in [-0.1, -0.05) is 60.7 Å². The molecule has 0 saturated carbocycles. The molecule has 0 saturated heterocycles. The fraction of sp³-hybridized carbons (Fsp3) is 0.143. The molecule has 0 amide bonds. The van der Waals surface area contributed by atoms with Crippen LogP contribution >= 0.6 is 0 Å². The minimum absolute atomic E-state index is 0.289. The molecule has 3 rings (SSSR count). The van der Waals surface area contributed by atoms with E-state index < -0.39 is 0 Å². The highest BCUT2D eigenvalue weighted by Gasteiger charge is 2.11. The van der Waals surface area contributed by atoms with Crippen molar-refractivity contribution in [3.05, 3.63) is 96.1 Å². The maximum atomic E-state index is 6.01. The van der Waals surface area contributed by atoms with E-state index in [1.54, 1.807) is 0 Å². The number of para-hydroxylation sites is 1. The Hall–Kier alpha value is -2.58. The molecule has 0 aliphatic heterocycles. The van der Waals surface area contributed by atoms with Gasteiger partial charge in [-0.3, -0.25) is 0 Å². The number of ether oxygens (including phenoxy) is 1. The zero-order valence-corrected chi connectivity index (χ0v) is 13.1. The fourth-order valence-electron chi connectivity index (χ4n) is 2.69. The molecule has 3 aromatic rings. The normalized spacial score (nSPS) is 11.9. The highest BCUT2D eigenvalue weighted by molar-refractivity contribution is 5.36. The van der Waals surface area contributed by atoms with Gasteiger partial charge in [0.25, 0.3) is 0 Å². The first-order valence-corrected chi connectivity index (χ1v) is 7.92. The third-order valence-corrected chi connectivity index (χ3v) is 3.92. The molecule has 0 aliphatic rings. The molecule has 0 spiro atoms. The van der Waals surface area contributed by atoms with Crippen LogP contribution in [0.25, 0.3) is 0 Å². The van der Waals surface area contributed by atoms with Gasteiger partial charge in [0.2, 0.25) is 0 Å². The second-order valence-corrected chi connectivity index (χ2v) is 5.61.